The predicted molar refractivity (Wildman–Crippen MR) is 199 cm³/mol. The molecular weight excluding hydrogens is 552 g/mol. The minimum absolute atomic E-state index is 0.575. The summed E-state index contributed by atoms with van der Waals surface area (Å²) in [5.41, 5.74) is 16.8. The summed E-state index contributed by atoms with van der Waals surface area (Å²) in [6.07, 6.45) is 10.5. The third kappa shape index (κ3) is 12.9. The molecule has 0 saturated carbocycles. The molecule has 242 valence electrons. The molecule has 6 heteroatoms. The zero-order valence-electron chi connectivity index (χ0n) is 28.7. The van der Waals surface area contributed by atoms with E-state index in [1.807, 2.05) is 44.7 Å². The van der Waals surface area contributed by atoms with Crippen LogP contribution in [0.3, 0.4) is 0 Å². The number of allylic oxidation sites excluding steroid dienone is 7. The van der Waals surface area contributed by atoms with E-state index in [0.717, 1.165) is 70.3 Å². The Bertz CT molecular complexity index is 1410. The Hall–Kier alpha value is -4.55. The maximum absolute atomic E-state index is 5.68. The van der Waals surface area contributed by atoms with Gasteiger partial charge in [0.25, 0.3) is 0 Å². The predicted octanol–water partition coefficient (Wildman–Crippen LogP) is 9.06. The van der Waals surface area contributed by atoms with Gasteiger partial charge in [0.2, 0.25) is 0 Å². The summed E-state index contributed by atoms with van der Waals surface area (Å²) >= 11 is 0. The molecule has 5 N–H and O–H groups in total. The van der Waals surface area contributed by atoms with Gasteiger partial charge in [-0.1, -0.05) is 103 Å². The standard InChI is InChI=1S/C37H50N6.C2H6/c1-12-30(9)41-35-21-34(17-15-27(35)6)24-40-31(10)37-22-36(42-32(11)43(37)25(3)4)28(7)23-39-19-18-33(13-2)16-14-26(5)20-29(8)38;1-2/h13-17,21-22,39-41H,3,5,7-12,18-20,23-24,38H2,1-2,4,6H3;1-2H3/b16-14-,33-13+;. The van der Waals surface area contributed by atoms with Crippen molar-refractivity contribution in [1.82, 2.24) is 15.5 Å². The van der Waals surface area contributed by atoms with E-state index in [2.05, 4.69) is 106 Å². The van der Waals surface area contributed by atoms with Crippen molar-refractivity contribution in [3.63, 3.8) is 0 Å². The van der Waals surface area contributed by atoms with Gasteiger partial charge in [-0.15, -0.1) is 0 Å². The van der Waals surface area contributed by atoms with Crippen molar-refractivity contribution in [1.29, 1.82) is 0 Å². The molecule has 1 heterocycles. The van der Waals surface area contributed by atoms with E-state index in [4.69, 9.17) is 10.7 Å². The zero-order valence-corrected chi connectivity index (χ0v) is 28.7. The van der Waals surface area contributed by atoms with Crippen molar-refractivity contribution in [2.45, 2.75) is 67.3 Å². The third-order valence-corrected chi connectivity index (χ3v) is 6.91. The second kappa shape index (κ2) is 19.7. The first-order valence-electron chi connectivity index (χ1n) is 15.6. The summed E-state index contributed by atoms with van der Waals surface area (Å²) in [6, 6.07) is 6.37. The molecule has 1 aromatic rings. The number of hydrogen-bond donors (Lipinski definition) is 4. The van der Waals surface area contributed by atoms with Crippen molar-refractivity contribution >= 4 is 11.4 Å². The molecule has 1 aliphatic heterocycles. The molecule has 1 aliphatic rings. The van der Waals surface area contributed by atoms with Gasteiger partial charge in [-0.25, -0.2) is 4.99 Å². The lowest BCUT2D eigenvalue weighted by Gasteiger charge is -2.32. The number of aliphatic imine (C=N–C) groups is 1. The summed E-state index contributed by atoms with van der Waals surface area (Å²) in [6.45, 7) is 42.9. The number of benzene rings is 1. The fourth-order valence-corrected chi connectivity index (χ4v) is 4.34. The van der Waals surface area contributed by atoms with Gasteiger partial charge in [-0.05, 0) is 74.6 Å². The van der Waals surface area contributed by atoms with Gasteiger partial charge < -0.3 is 21.7 Å². The Morgan fingerprint density at radius 2 is 1.76 bits per heavy atom. The number of hydrogen-bond acceptors (Lipinski definition) is 6. The van der Waals surface area contributed by atoms with Crippen LogP contribution in [0.1, 0.15) is 65.0 Å². The van der Waals surface area contributed by atoms with Crippen LogP contribution in [-0.2, 0) is 6.54 Å². The quantitative estimate of drug-likeness (QED) is 0.0988. The van der Waals surface area contributed by atoms with Crippen LogP contribution in [-0.4, -0.2) is 23.7 Å². The topological polar surface area (TPSA) is 77.7 Å². The van der Waals surface area contributed by atoms with Gasteiger partial charge in [0.1, 0.15) is 5.82 Å². The molecule has 0 saturated heterocycles. The van der Waals surface area contributed by atoms with Gasteiger partial charge in [-0.3, -0.25) is 4.90 Å². The number of rotatable bonds is 18. The average molecular weight is 609 g/mol. The van der Waals surface area contributed by atoms with Crippen LogP contribution < -0.4 is 21.7 Å². The molecule has 0 aromatic heterocycles. The van der Waals surface area contributed by atoms with E-state index in [-0.39, 0.29) is 0 Å². The Morgan fingerprint density at radius 1 is 1.07 bits per heavy atom. The molecule has 6 nitrogen and oxygen atoms in total. The van der Waals surface area contributed by atoms with Gasteiger partial charge in [0.15, 0.2) is 0 Å². The molecule has 0 fully saturated rings. The first-order chi connectivity index (χ1) is 21.4. The highest BCUT2D eigenvalue weighted by molar-refractivity contribution is 6.10. The largest absolute Gasteiger partial charge is 0.402 e. The number of nitrogens with zero attached hydrogens (tertiary/aromatic N) is 2. The number of aryl methyl sites for hydroxylation is 1. The fraction of sp³-hybridized carbons (Fsp3) is 0.308. The Labute approximate surface area is 273 Å². The summed E-state index contributed by atoms with van der Waals surface area (Å²) in [7, 11) is 0. The van der Waals surface area contributed by atoms with E-state index in [1.165, 1.54) is 11.1 Å². The normalized spacial score (nSPS) is 12.9. The van der Waals surface area contributed by atoms with E-state index in [1.54, 1.807) is 0 Å². The highest BCUT2D eigenvalue weighted by atomic mass is 15.3. The highest BCUT2D eigenvalue weighted by Crippen LogP contribution is 2.28. The lowest BCUT2D eigenvalue weighted by Crippen LogP contribution is -2.30. The van der Waals surface area contributed by atoms with Crippen molar-refractivity contribution in [2.24, 2.45) is 10.7 Å². The molecule has 0 spiro atoms. The van der Waals surface area contributed by atoms with Gasteiger partial charge in [0.05, 0.1) is 17.1 Å². The first kappa shape index (κ1) is 38.5. The molecule has 0 radical (unpaired) electrons. The second-order valence-corrected chi connectivity index (χ2v) is 10.8. The summed E-state index contributed by atoms with van der Waals surface area (Å²) < 4.78 is 0. The Morgan fingerprint density at radius 3 is 2.36 bits per heavy atom. The zero-order chi connectivity index (χ0) is 34.1. The van der Waals surface area contributed by atoms with Crippen LogP contribution in [0.15, 0.2) is 145 Å². The molecule has 2 rings (SSSR count). The molecule has 0 unspecified atom stereocenters. The highest BCUT2D eigenvalue weighted by Gasteiger charge is 2.23. The van der Waals surface area contributed by atoms with Gasteiger partial charge in [-0.2, -0.15) is 0 Å². The minimum atomic E-state index is 0.575. The number of anilines is 1. The molecule has 0 aliphatic carbocycles. The number of nitrogens with one attached hydrogen (secondary N) is 3. The summed E-state index contributed by atoms with van der Waals surface area (Å²) in [5.74, 6) is 0.575. The van der Waals surface area contributed by atoms with Gasteiger partial charge in [0, 0.05) is 42.3 Å². The summed E-state index contributed by atoms with van der Waals surface area (Å²) in [4.78, 5) is 6.64. The van der Waals surface area contributed by atoms with Crippen molar-refractivity contribution in [3.05, 3.63) is 151 Å². The molecule has 0 atom stereocenters. The van der Waals surface area contributed by atoms with Crippen LogP contribution in [0.2, 0.25) is 0 Å². The van der Waals surface area contributed by atoms with Gasteiger partial charge >= 0.3 is 0 Å². The van der Waals surface area contributed by atoms with Crippen LogP contribution in [0.25, 0.3) is 0 Å². The van der Waals surface area contributed by atoms with E-state index in [9.17, 15) is 0 Å². The minimum Gasteiger partial charge on any atom is -0.402 e. The molecule has 45 heavy (non-hydrogen) atoms. The smallest absolute Gasteiger partial charge is 0.130 e. The fourth-order valence-electron chi connectivity index (χ4n) is 4.34. The van der Waals surface area contributed by atoms with Crippen LogP contribution in [0, 0.1) is 6.92 Å². The molecular formula is C39H56N6. The van der Waals surface area contributed by atoms with Crippen molar-refractivity contribution in [3.8, 4) is 0 Å². The van der Waals surface area contributed by atoms with E-state index in [0.29, 0.717) is 31.0 Å². The second-order valence-electron chi connectivity index (χ2n) is 10.8. The van der Waals surface area contributed by atoms with E-state index < -0.39 is 0 Å². The number of nitrogens with two attached hydrogens (primary N) is 1. The third-order valence-electron chi connectivity index (χ3n) is 6.91. The van der Waals surface area contributed by atoms with Crippen LogP contribution in [0.5, 0.6) is 0 Å². The Kier molecular flexibility index (Phi) is 16.8. The summed E-state index contributed by atoms with van der Waals surface area (Å²) in [5, 5.41) is 10.4. The van der Waals surface area contributed by atoms with Crippen LogP contribution >= 0.6 is 0 Å². The lowest BCUT2D eigenvalue weighted by atomic mass is 10.1. The molecule has 1 aromatic carbocycles. The molecule has 0 amide bonds. The van der Waals surface area contributed by atoms with Crippen molar-refractivity contribution in [2.75, 3.05) is 18.4 Å². The monoisotopic (exact) mass is 608 g/mol. The maximum Gasteiger partial charge on any atom is 0.130 e. The van der Waals surface area contributed by atoms with Crippen LogP contribution in [0.4, 0.5) is 5.69 Å². The van der Waals surface area contributed by atoms with Crippen molar-refractivity contribution < 1.29 is 0 Å². The SMILES string of the molecule is C=C(N)CC(=C)/C=C\C(=C/C)CCNCC(=C)C1=NC(=C)N(C(=C)C)C(C(=C)NCc2ccc(C)c(NC(=C)CC)c2)=C1.CC. The van der Waals surface area contributed by atoms with E-state index >= 15 is 0 Å². The lowest BCUT2D eigenvalue weighted by molar-refractivity contribution is 0.518. The molecule has 0 bridgehead atoms. The average Bonchev–Trinajstić information content (AvgIpc) is 3.00. The maximum atomic E-state index is 5.68. The Balaban J connectivity index is 0.00000496. The first-order valence-corrected chi connectivity index (χ1v) is 15.6.